The van der Waals surface area contributed by atoms with Crippen LogP contribution in [0.15, 0.2) is 46.9 Å². The molecule has 1 aliphatic rings. The van der Waals surface area contributed by atoms with Gasteiger partial charge in [0.1, 0.15) is 11.3 Å². The second-order valence-electron chi connectivity index (χ2n) is 7.82. The molecule has 0 radical (unpaired) electrons. The lowest BCUT2D eigenvalue weighted by Crippen LogP contribution is -2.24. The van der Waals surface area contributed by atoms with Gasteiger partial charge in [-0.2, -0.15) is 13.2 Å². The second kappa shape index (κ2) is 5.13. The Morgan fingerprint density at radius 1 is 1.00 bits per heavy atom. The molecule has 0 fully saturated rings. The normalized spacial score (nSPS) is 17.4. The van der Waals surface area contributed by atoms with E-state index in [-0.39, 0.29) is 11.3 Å². The summed E-state index contributed by atoms with van der Waals surface area (Å²) in [5, 5.41) is 0.789. The zero-order valence-corrected chi connectivity index (χ0v) is 14.4. The van der Waals surface area contributed by atoms with Gasteiger partial charge in [0, 0.05) is 23.3 Å². The number of hydrogen-bond donors (Lipinski definition) is 0. The molecule has 0 amide bonds. The van der Waals surface area contributed by atoms with Crippen molar-refractivity contribution in [1.29, 1.82) is 0 Å². The fourth-order valence-corrected chi connectivity index (χ4v) is 4.00. The van der Waals surface area contributed by atoms with Gasteiger partial charge in [-0.15, -0.1) is 0 Å². The molecule has 25 heavy (non-hydrogen) atoms. The number of furan rings is 1. The number of hydrogen-bond acceptors (Lipinski definition) is 1. The maximum absolute atomic E-state index is 13.0. The van der Waals surface area contributed by atoms with Crippen LogP contribution in [0.3, 0.4) is 0 Å². The van der Waals surface area contributed by atoms with E-state index in [0.717, 1.165) is 28.8 Å². The van der Waals surface area contributed by atoms with Crippen molar-refractivity contribution in [3.05, 3.63) is 70.5 Å². The number of rotatable bonds is 0. The summed E-state index contributed by atoms with van der Waals surface area (Å²) in [6.07, 6.45) is -3.75. The Morgan fingerprint density at radius 2 is 1.72 bits per heavy atom. The van der Waals surface area contributed by atoms with Crippen molar-refractivity contribution < 1.29 is 17.6 Å². The molecule has 4 heteroatoms. The topological polar surface area (TPSA) is 13.1 Å². The molecule has 0 N–H and O–H groups in total. The highest BCUT2D eigenvalue weighted by atomic mass is 19.4. The van der Waals surface area contributed by atoms with Crippen LogP contribution in [0.5, 0.6) is 0 Å². The molecule has 0 aliphatic heterocycles. The zero-order chi connectivity index (χ0) is 18.0. The minimum Gasteiger partial charge on any atom is -0.460 e. The van der Waals surface area contributed by atoms with Crippen LogP contribution in [0.4, 0.5) is 13.2 Å². The summed E-state index contributed by atoms with van der Waals surface area (Å²) in [4.78, 5) is 0. The van der Waals surface area contributed by atoms with Crippen LogP contribution in [-0.2, 0) is 12.6 Å². The number of alkyl halides is 3. The number of halogens is 3. The van der Waals surface area contributed by atoms with Crippen molar-refractivity contribution >= 4 is 11.0 Å². The smallest absolute Gasteiger partial charge is 0.416 e. The quantitative estimate of drug-likeness (QED) is 0.452. The molecule has 1 nitrogen and oxygen atoms in total. The monoisotopic (exact) mass is 344 g/mol. The van der Waals surface area contributed by atoms with Gasteiger partial charge < -0.3 is 4.42 Å². The van der Waals surface area contributed by atoms with Crippen LogP contribution in [0, 0.1) is 5.41 Å². The third kappa shape index (κ3) is 2.55. The van der Waals surface area contributed by atoms with Crippen molar-refractivity contribution in [2.75, 3.05) is 0 Å². The standard InChI is InChI=1S/C21H19F3O/c1-20(2,3)19-14-7-5-4-6-12(14)10-17-18(19)15-9-8-13(21(22,23)24)11-16(15)25-17/h4-9,11,19H,10H2,1-3H3. The highest BCUT2D eigenvalue weighted by molar-refractivity contribution is 5.85. The summed E-state index contributed by atoms with van der Waals surface area (Å²) in [6, 6.07) is 12.0. The Kier molecular flexibility index (Phi) is 3.34. The number of fused-ring (bicyclic) bond motifs is 4. The van der Waals surface area contributed by atoms with Crippen LogP contribution >= 0.6 is 0 Å². The maximum atomic E-state index is 13.0. The van der Waals surface area contributed by atoms with Gasteiger partial charge >= 0.3 is 6.18 Å². The Hall–Kier alpha value is -2.23. The predicted octanol–water partition coefficient (Wildman–Crippen LogP) is 6.53. The molecule has 1 aromatic heterocycles. The van der Waals surface area contributed by atoms with Gasteiger partial charge in [0.15, 0.2) is 0 Å². The molecule has 0 bridgehead atoms. The van der Waals surface area contributed by atoms with Gasteiger partial charge in [0.05, 0.1) is 5.56 Å². The van der Waals surface area contributed by atoms with Gasteiger partial charge in [-0.25, -0.2) is 0 Å². The van der Waals surface area contributed by atoms with Gasteiger partial charge in [0.25, 0.3) is 0 Å². The van der Waals surface area contributed by atoms with Crippen LogP contribution < -0.4 is 0 Å². The number of benzene rings is 2. The molecule has 1 unspecified atom stereocenters. The summed E-state index contributed by atoms with van der Waals surface area (Å²) in [5.41, 5.74) is 3.04. The molecule has 130 valence electrons. The fraction of sp³-hybridized carbons (Fsp3) is 0.333. The summed E-state index contributed by atoms with van der Waals surface area (Å²) < 4.78 is 45.0. The molecule has 0 saturated carbocycles. The van der Waals surface area contributed by atoms with Crippen LogP contribution in [0.25, 0.3) is 11.0 Å². The van der Waals surface area contributed by atoms with Crippen molar-refractivity contribution in [1.82, 2.24) is 0 Å². The van der Waals surface area contributed by atoms with Crippen molar-refractivity contribution in [3.8, 4) is 0 Å². The van der Waals surface area contributed by atoms with Gasteiger partial charge in [-0.05, 0) is 28.7 Å². The molecule has 1 heterocycles. The second-order valence-corrected chi connectivity index (χ2v) is 7.82. The highest BCUT2D eigenvalue weighted by Gasteiger charge is 2.38. The first-order chi connectivity index (χ1) is 11.7. The minimum absolute atomic E-state index is 0.0786. The first-order valence-electron chi connectivity index (χ1n) is 8.36. The van der Waals surface area contributed by atoms with E-state index in [4.69, 9.17) is 4.42 Å². The van der Waals surface area contributed by atoms with Crippen LogP contribution in [-0.4, -0.2) is 0 Å². The van der Waals surface area contributed by atoms with E-state index in [1.807, 2.05) is 12.1 Å². The lowest BCUT2D eigenvalue weighted by Gasteiger charge is -2.35. The van der Waals surface area contributed by atoms with Gasteiger partial charge in [0.2, 0.25) is 0 Å². The SMILES string of the molecule is CC(C)(C)C1c2ccccc2Cc2oc3cc(C(F)(F)F)ccc3c21. The minimum atomic E-state index is -4.37. The van der Waals surface area contributed by atoms with E-state index in [9.17, 15) is 13.2 Å². The van der Waals surface area contributed by atoms with E-state index in [1.165, 1.54) is 11.1 Å². The first-order valence-corrected chi connectivity index (χ1v) is 8.36. The van der Waals surface area contributed by atoms with E-state index < -0.39 is 11.7 Å². The van der Waals surface area contributed by atoms with Gasteiger partial charge in [-0.1, -0.05) is 51.1 Å². The van der Waals surface area contributed by atoms with Crippen LogP contribution in [0.2, 0.25) is 0 Å². The highest BCUT2D eigenvalue weighted by Crippen LogP contribution is 2.50. The largest absolute Gasteiger partial charge is 0.460 e. The molecular weight excluding hydrogens is 325 g/mol. The molecule has 1 atom stereocenters. The molecular formula is C21H19F3O. The predicted molar refractivity (Wildman–Crippen MR) is 91.8 cm³/mol. The average Bonchev–Trinajstić information content (AvgIpc) is 2.87. The molecule has 3 aromatic rings. The lowest BCUT2D eigenvalue weighted by molar-refractivity contribution is -0.137. The van der Waals surface area contributed by atoms with Crippen molar-refractivity contribution in [2.24, 2.45) is 5.41 Å². The Morgan fingerprint density at radius 3 is 2.40 bits per heavy atom. The summed E-state index contributed by atoms with van der Waals surface area (Å²) in [6.45, 7) is 6.48. The van der Waals surface area contributed by atoms with Crippen molar-refractivity contribution in [2.45, 2.75) is 39.3 Å². The Labute approximate surface area is 144 Å². The Balaban J connectivity index is 1.98. The van der Waals surface area contributed by atoms with E-state index in [0.29, 0.717) is 12.0 Å². The van der Waals surface area contributed by atoms with Gasteiger partial charge in [-0.3, -0.25) is 0 Å². The summed E-state index contributed by atoms with van der Waals surface area (Å²) in [7, 11) is 0. The summed E-state index contributed by atoms with van der Waals surface area (Å²) >= 11 is 0. The average molecular weight is 344 g/mol. The first kappa shape index (κ1) is 16.2. The molecule has 4 rings (SSSR count). The Bertz CT molecular complexity index is 957. The third-order valence-corrected chi connectivity index (χ3v) is 5.00. The van der Waals surface area contributed by atoms with E-state index in [2.05, 4.69) is 32.9 Å². The van der Waals surface area contributed by atoms with E-state index >= 15 is 0 Å². The van der Waals surface area contributed by atoms with Crippen LogP contribution in [0.1, 0.15) is 54.7 Å². The molecule has 1 aliphatic carbocycles. The molecule has 0 spiro atoms. The zero-order valence-electron chi connectivity index (χ0n) is 14.4. The summed E-state index contributed by atoms with van der Waals surface area (Å²) in [5.74, 6) is 0.874. The fourth-order valence-electron chi connectivity index (χ4n) is 4.00. The molecule has 2 aromatic carbocycles. The van der Waals surface area contributed by atoms with Crippen molar-refractivity contribution in [3.63, 3.8) is 0 Å². The third-order valence-electron chi connectivity index (χ3n) is 5.00. The van der Waals surface area contributed by atoms with E-state index in [1.54, 1.807) is 6.07 Å². The maximum Gasteiger partial charge on any atom is 0.416 e. The lowest BCUT2D eigenvalue weighted by atomic mass is 9.67. The molecule has 0 saturated heterocycles.